The van der Waals surface area contributed by atoms with E-state index in [2.05, 4.69) is 40.0 Å². The fourth-order valence-electron chi connectivity index (χ4n) is 3.91. The van der Waals surface area contributed by atoms with Crippen LogP contribution in [0.1, 0.15) is 27.5 Å². The molecule has 3 heterocycles. The number of para-hydroxylation sites is 1. The van der Waals surface area contributed by atoms with Crippen molar-refractivity contribution >= 4 is 34.5 Å². The zero-order valence-corrected chi connectivity index (χ0v) is 18.9. The molecule has 2 aromatic carbocycles. The van der Waals surface area contributed by atoms with Crippen molar-refractivity contribution in [2.24, 2.45) is 0 Å². The van der Waals surface area contributed by atoms with Crippen LogP contribution < -0.4 is 4.90 Å². The Labute approximate surface area is 190 Å². The van der Waals surface area contributed by atoms with Gasteiger partial charge in [0.05, 0.1) is 5.75 Å². The number of aryl methyl sites for hydroxylation is 2. The lowest BCUT2D eigenvalue weighted by atomic mass is 10.1. The van der Waals surface area contributed by atoms with Crippen LogP contribution in [0.4, 0.5) is 5.69 Å². The van der Waals surface area contributed by atoms with Crippen LogP contribution in [0.25, 0.3) is 11.1 Å². The van der Waals surface area contributed by atoms with Crippen molar-refractivity contribution in [2.75, 3.05) is 31.1 Å². The highest BCUT2D eigenvalue weighted by atomic mass is 32.2. The molecule has 1 amide bonds. The van der Waals surface area contributed by atoms with Crippen LogP contribution in [0.15, 0.2) is 62.8 Å². The monoisotopic (exact) mass is 448 g/mol. The predicted molar refractivity (Wildman–Crippen MR) is 124 cm³/mol. The molecule has 0 radical (unpaired) electrons. The van der Waals surface area contributed by atoms with Crippen LogP contribution in [-0.4, -0.2) is 47.0 Å². The normalized spacial score (nSPS) is 14.3. The quantitative estimate of drug-likeness (QED) is 0.410. The summed E-state index contributed by atoms with van der Waals surface area (Å²) in [5.41, 5.74) is 5.55. The molecule has 0 unspecified atom stereocenters. The van der Waals surface area contributed by atoms with Gasteiger partial charge in [-0.25, -0.2) is 9.97 Å². The largest absolute Gasteiger partial charge is 0.447 e. The van der Waals surface area contributed by atoms with Crippen molar-refractivity contribution in [3.63, 3.8) is 0 Å². The molecule has 0 atom stereocenters. The van der Waals surface area contributed by atoms with E-state index in [4.69, 9.17) is 8.83 Å². The number of carbonyl (C=O) groups excluding carboxylic acids is 1. The van der Waals surface area contributed by atoms with Gasteiger partial charge in [0.15, 0.2) is 11.3 Å². The van der Waals surface area contributed by atoms with Crippen molar-refractivity contribution in [2.45, 2.75) is 24.8 Å². The van der Waals surface area contributed by atoms with Crippen LogP contribution in [0, 0.1) is 13.8 Å². The van der Waals surface area contributed by atoms with E-state index in [0.717, 1.165) is 29.8 Å². The number of piperazine rings is 1. The number of carbonyl (C=O) groups is 1. The van der Waals surface area contributed by atoms with Crippen molar-refractivity contribution in [1.29, 1.82) is 0 Å². The van der Waals surface area contributed by atoms with E-state index in [1.54, 1.807) is 0 Å². The second-order valence-electron chi connectivity index (χ2n) is 7.93. The highest BCUT2D eigenvalue weighted by Crippen LogP contribution is 2.27. The lowest BCUT2D eigenvalue weighted by molar-refractivity contribution is 0.0740. The van der Waals surface area contributed by atoms with Gasteiger partial charge in [-0.1, -0.05) is 36.0 Å². The molecule has 164 valence electrons. The van der Waals surface area contributed by atoms with Crippen molar-refractivity contribution in [1.82, 2.24) is 14.9 Å². The minimum Gasteiger partial charge on any atom is -0.447 e. The molecule has 1 aliphatic rings. The zero-order chi connectivity index (χ0) is 22.1. The van der Waals surface area contributed by atoms with Crippen LogP contribution in [0.5, 0.6) is 0 Å². The van der Waals surface area contributed by atoms with E-state index in [9.17, 15) is 4.79 Å². The molecule has 2 aromatic heterocycles. The number of hydrogen-bond donors (Lipinski definition) is 0. The maximum Gasteiger partial charge on any atom is 0.275 e. The Morgan fingerprint density at radius 2 is 1.88 bits per heavy atom. The standard InChI is InChI=1S/C24H24N4O3S/c1-16-7-8-21-18(13-16)26-24(31-21)32-15-22-25-19(14-30-22)23(29)28-11-9-27(10-12-28)20-6-4-3-5-17(20)2/h3-8,13-14H,9-12,15H2,1-2H3. The lowest BCUT2D eigenvalue weighted by Gasteiger charge is -2.36. The van der Waals surface area contributed by atoms with Gasteiger partial charge in [0, 0.05) is 31.9 Å². The lowest BCUT2D eigenvalue weighted by Crippen LogP contribution is -2.49. The molecule has 1 fully saturated rings. The number of oxazole rings is 2. The van der Waals surface area contributed by atoms with Gasteiger partial charge in [0.2, 0.25) is 5.89 Å². The van der Waals surface area contributed by atoms with E-state index in [1.807, 2.05) is 36.1 Å². The van der Waals surface area contributed by atoms with E-state index < -0.39 is 0 Å². The summed E-state index contributed by atoms with van der Waals surface area (Å²) >= 11 is 1.40. The van der Waals surface area contributed by atoms with Crippen LogP contribution in [0.2, 0.25) is 0 Å². The number of thioether (sulfide) groups is 1. The Morgan fingerprint density at radius 3 is 2.69 bits per heavy atom. The number of fused-ring (bicyclic) bond motifs is 1. The molecule has 0 N–H and O–H groups in total. The molecule has 5 rings (SSSR count). The fourth-order valence-corrected chi connectivity index (χ4v) is 4.60. The highest BCUT2D eigenvalue weighted by Gasteiger charge is 2.25. The third-order valence-corrected chi connectivity index (χ3v) is 6.45. The molecule has 1 saturated heterocycles. The summed E-state index contributed by atoms with van der Waals surface area (Å²) < 4.78 is 11.3. The molecule has 0 spiro atoms. The summed E-state index contributed by atoms with van der Waals surface area (Å²) in [7, 11) is 0. The minimum atomic E-state index is -0.0910. The molecule has 1 aliphatic heterocycles. The first kappa shape index (κ1) is 20.6. The highest BCUT2D eigenvalue weighted by molar-refractivity contribution is 7.98. The summed E-state index contributed by atoms with van der Waals surface area (Å²) in [4.78, 5) is 25.9. The Bertz CT molecular complexity index is 1260. The van der Waals surface area contributed by atoms with Gasteiger partial charge in [-0.05, 0) is 43.2 Å². The Morgan fingerprint density at radius 1 is 1.06 bits per heavy atom. The van der Waals surface area contributed by atoms with Gasteiger partial charge in [-0.3, -0.25) is 4.79 Å². The van der Waals surface area contributed by atoms with E-state index in [1.165, 1.54) is 29.3 Å². The van der Waals surface area contributed by atoms with E-state index in [0.29, 0.717) is 35.6 Å². The van der Waals surface area contributed by atoms with Gasteiger partial charge in [-0.2, -0.15) is 0 Å². The fraction of sp³-hybridized carbons (Fsp3) is 0.292. The molecule has 0 aliphatic carbocycles. The summed E-state index contributed by atoms with van der Waals surface area (Å²) in [5.74, 6) is 0.835. The van der Waals surface area contributed by atoms with Gasteiger partial charge in [-0.15, -0.1) is 0 Å². The topological polar surface area (TPSA) is 75.6 Å². The van der Waals surface area contributed by atoms with Crippen molar-refractivity contribution in [3.05, 3.63) is 71.4 Å². The number of nitrogens with zero attached hydrogens (tertiary/aromatic N) is 4. The minimum absolute atomic E-state index is 0.0910. The van der Waals surface area contributed by atoms with Crippen molar-refractivity contribution < 1.29 is 13.6 Å². The van der Waals surface area contributed by atoms with Gasteiger partial charge < -0.3 is 18.6 Å². The smallest absolute Gasteiger partial charge is 0.275 e. The molecule has 0 bridgehead atoms. The maximum atomic E-state index is 12.9. The molecule has 32 heavy (non-hydrogen) atoms. The van der Waals surface area contributed by atoms with Gasteiger partial charge in [0.25, 0.3) is 11.1 Å². The predicted octanol–water partition coefficient (Wildman–Crippen LogP) is 4.69. The third-order valence-electron chi connectivity index (χ3n) is 5.64. The summed E-state index contributed by atoms with van der Waals surface area (Å²) in [6, 6.07) is 14.2. The first-order chi connectivity index (χ1) is 15.6. The number of aromatic nitrogens is 2. The number of rotatable bonds is 5. The van der Waals surface area contributed by atoms with Gasteiger partial charge >= 0.3 is 0 Å². The number of anilines is 1. The zero-order valence-electron chi connectivity index (χ0n) is 18.1. The molecular weight excluding hydrogens is 424 g/mol. The second kappa shape index (κ2) is 8.70. The number of amides is 1. The van der Waals surface area contributed by atoms with E-state index >= 15 is 0 Å². The Kier molecular flexibility index (Phi) is 5.61. The number of benzene rings is 2. The molecular formula is C24H24N4O3S. The third kappa shape index (κ3) is 4.23. The molecule has 0 saturated carbocycles. The maximum absolute atomic E-state index is 12.9. The summed E-state index contributed by atoms with van der Waals surface area (Å²) in [6.45, 7) is 7.06. The molecule has 7 nitrogen and oxygen atoms in total. The molecule has 8 heteroatoms. The Balaban J connectivity index is 1.18. The van der Waals surface area contributed by atoms with Gasteiger partial charge in [0.1, 0.15) is 11.8 Å². The number of hydrogen-bond acceptors (Lipinski definition) is 7. The second-order valence-corrected chi connectivity index (χ2v) is 8.86. The Hall–Kier alpha value is -3.26. The molecule has 4 aromatic rings. The first-order valence-corrected chi connectivity index (χ1v) is 11.6. The SMILES string of the molecule is Cc1ccc2oc(SCc3nc(C(=O)N4CCN(c5ccccc5C)CC4)co3)nc2c1. The summed E-state index contributed by atoms with van der Waals surface area (Å²) in [6.07, 6.45) is 1.45. The van der Waals surface area contributed by atoms with Crippen LogP contribution in [-0.2, 0) is 5.75 Å². The van der Waals surface area contributed by atoms with Crippen LogP contribution >= 0.6 is 11.8 Å². The summed E-state index contributed by atoms with van der Waals surface area (Å²) in [5, 5.41) is 0.559. The average Bonchev–Trinajstić information content (AvgIpc) is 3.44. The van der Waals surface area contributed by atoms with E-state index in [-0.39, 0.29) is 5.91 Å². The first-order valence-electron chi connectivity index (χ1n) is 10.6. The van der Waals surface area contributed by atoms with Crippen LogP contribution in [0.3, 0.4) is 0 Å². The average molecular weight is 449 g/mol. The van der Waals surface area contributed by atoms with Crippen molar-refractivity contribution in [3.8, 4) is 0 Å².